The van der Waals surface area contributed by atoms with Gasteiger partial charge >= 0.3 is 0 Å². The van der Waals surface area contributed by atoms with Crippen LogP contribution in [0.1, 0.15) is 19.3 Å². The van der Waals surface area contributed by atoms with E-state index in [1.807, 2.05) is 24.3 Å². The molecule has 2 N–H and O–H groups in total. The van der Waals surface area contributed by atoms with Crippen LogP contribution in [0.25, 0.3) is 0 Å². The van der Waals surface area contributed by atoms with Crippen molar-refractivity contribution in [1.29, 1.82) is 0 Å². The zero-order valence-corrected chi connectivity index (χ0v) is 12.4. The zero-order chi connectivity index (χ0) is 14.5. The number of para-hydroxylation sites is 2. The molecule has 5 nitrogen and oxygen atoms in total. The number of rotatable bonds is 5. The number of benzene rings is 1. The van der Waals surface area contributed by atoms with Gasteiger partial charge < -0.3 is 19.9 Å². The minimum atomic E-state index is -0.330. The van der Waals surface area contributed by atoms with Crippen LogP contribution in [0.3, 0.4) is 0 Å². The third kappa shape index (κ3) is 3.67. The number of nitrogens with two attached hydrogens (primary N) is 1. The Kier molecular flexibility index (Phi) is 4.63. The molecular formula is C16H24N2O3. The normalized spacial score (nSPS) is 21.7. The summed E-state index contributed by atoms with van der Waals surface area (Å²) in [6.07, 6.45) is 3.12. The Balaban J connectivity index is 1.40. The van der Waals surface area contributed by atoms with Crippen LogP contribution in [0.2, 0.25) is 0 Å². The lowest BCUT2D eigenvalue weighted by molar-refractivity contribution is -0.189. The molecule has 0 bridgehead atoms. The first kappa shape index (κ1) is 14.6. The van der Waals surface area contributed by atoms with Crippen molar-refractivity contribution in [2.45, 2.75) is 25.0 Å². The monoisotopic (exact) mass is 292 g/mol. The minimum absolute atomic E-state index is 0.330. The number of hydrogen-bond acceptors (Lipinski definition) is 5. The first-order chi connectivity index (χ1) is 10.3. The van der Waals surface area contributed by atoms with Gasteiger partial charge in [0.15, 0.2) is 5.79 Å². The summed E-state index contributed by atoms with van der Waals surface area (Å²) in [5, 5.41) is 0. The maximum absolute atomic E-state index is 5.86. The molecule has 0 aromatic heterocycles. The van der Waals surface area contributed by atoms with Crippen molar-refractivity contribution in [3.8, 4) is 5.75 Å². The van der Waals surface area contributed by atoms with Crippen molar-refractivity contribution >= 4 is 5.69 Å². The summed E-state index contributed by atoms with van der Waals surface area (Å²) < 4.78 is 17.3. The standard InChI is InChI=1S/C16H24N2O3/c17-14-5-1-2-6-15(14)19-10-4-9-18-8-3-7-16(13-18)20-11-12-21-16/h1-2,5-6H,3-4,7-13,17H2. The van der Waals surface area contributed by atoms with E-state index in [4.69, 9.17) is 19.9 Å². The molecular weight excluding hydrogens is 268 g/mol. The van der Waals surface area contributed by atoms with Crippen molar-refractivity contribution in [2.75, 3.05) is 45.2 Å². The molecule has 1 aromatic rings. The van der Waals surface area contributed by atoms with E-state index in [-0.39, 0.29) is 5.79 Å². The molecule has 2 aliphatic heterocycles. The smallest absolute Gasteiger partial charge is 0.181 e. The quantitative estimate of drug-likeness (QED) is 0.663. The van der Waals surface area contributed by atoms with E-state index in [0.717, 1.165) is 57.9 Å². The van der Waals surface area contributed by atoms with E-state index >= 15 is 0 Å². The number of piperidine rings is 1. The van der Waals surface area contributed by atoms with Crippen LogP contribution in [0, 0.1) is 0 Å². The molecule has 2 fully saturated rings. The largest absolute Gasteiger partial charge is 0.491 e. The fourth-order valence-corrected chi connectivity index (χ4v) is 3.08. The van der Waals surface area contributed by atoms with Crippen LogP contribution in [0.4, 0.5) is 5.69 Å². The predicted molar refractivity (Wildman–Crippen MR) is 81.3 cm³/mol. The summed E-state index contributed by atoms with van der Waals surface area (Å²) in [7, 11) is 0. The van der Waals surface area contributed by atoms with Crippen LogP contribution < -0.4 is 10.5 Å². The molecule has 2 aliphatic rings. The van der Waals surface area contributed by atoms with Crippen molar-refractivity contribution in [2.24, 2.45) is 0 Å². The highest BCUT2D eigenvalue weighted by Gasteiger charge is 2.40. The van der Waals surface area contributed by atoms with Gasteiger partial charge in [0.1, 0.15) is 5.75 Å². The summed E-state index contributed by atoms with van der Waals surface area (Å²) in [5.41, 5.74) is 6.55. The molecule has 0 atom stereocenters. The van der Waals surface area contributed by atoms with Gasteiger partial charge in [0.05, 0.1) is 32.1 Å². The lowest BCUT2D eigenvalue weighted by Crippen LogP contribution is -2.49. The van der Waals surface area contributed by atoms with Gasteiger partial charge in [0, 0.05) is 13.0 Å². The fourth-order valence-electron chi connectivity index (χ4n) is 3.08. The summed E-state index contributed by atoms with van der Waals surface area (Å²) in [5.74, 6) is 0.443. The average Bonchev–Trinajstić information content (AvgIpc) is 2.93. The first-order valence-electron chi connectivity index (χ1n) is 7.75. The van der Waals surface area contributed by atoms with Gasteiger partial charge in [-0.05, 0) is 31.5 Å². The topological polar surface area (TPSA) is 57.0 Å². The van der Waals surface area contributed by atoms with Gasteiger partial charge in [0.2, 0.25) is 0 Å². The number of likely N-dealkylation sites (tertiary alicyclic amines) is 1. The van der Waals surface area contributed by atoms with Crippen LogP contribution in [-0.4, -0.2) is 50.1 Å². The van der Waals surface area contributed by atoms with Crippen molar-refractivity contribution in [1.82, 2.24) is 4.90 Å². The zero-order valence-electron chi connectivity index (χ0n) is 12.4. The first-order valence-corrected chi connectivity index (χ1v) is 7.75. The van der Waals surface area contributed by atoms with Crippen molar-refractivity contribution in [3.05, 3.63) is 24.3 Å². The molecule has 21 heavy (non-hydrogen) atoms. The average molecular weight is 292 g/mol. The summed E-state index contributed by atoms with van der Waals surface area (Å²) in [6.45, 7) is 5.12. The summed E-state index contributed by atoms with van der Waals surface area (Å²) in [6, 6.07) is 7.62. The molecule has 116 valence electrons. The van der Waals surface area contributed by atoms with E-state index < -0.39 is 0 Å². The Morgan fingerprint density at radius 3 is 2.86 bits per heavy atom. The van der Waals surface area contributed by atoms with Gasteiger partial charge in [-0.25, -0.2) is 0 Å². The second kappa shape index (κ2) is 6.64. The van der Waals surface area contributed by atoms with E-state index in [0.29, 0.717) is 12.3 Å². The highest BCUT2D eigenvalue weighted by Crippen LogP contribution is 2.30. The highest BCUT2D eigenvalue weighted by molar-refractivity contribution is 5.51. The van der Waals surface area contributed by atoms with Gasteiger partial charge in [-0.2, -0.15) is 0 Å². The molecule has 1 spiro atoms. The van der Waals surface area contributed by atoms with Gasteiger partial charge in [-0.1, -0.05) is 12.1 Å². The maximum atomic E-state index is 5.86. The van der Waals surface area contributed by atoms with Crippen LogP contribution in [-0.2, 0) is 9.47 Å². The highest BCUT2D eigenvalue weighted by atomic mass is 16.7. The van der Waals surface area contributed by atoms with Crippen LogP contribution >= 0.6 is 0 Å². The molecule has 0 aliphatic carbocycles. The number of nitrogen functional groups attached to an aromatic ring is 1. The number of nitrogens with zero attached hydrogens (tertiary/aromatic N) is 1. The van der Waals surface area contributed by atoms with E-state index in [1.54, 1.807) is 0 Å². The second-order valence-electron chi connectivity index (χ2n) is 5.73. The van der Waals surface area contributed by atoms with Crippen LogP contribution in [0.5, 0.6) is 5.75 Å². The summed E-state index contributed by atoms with van der Waals surface area (Å²) >= 11 is 0. The van der Waals surface area contributed by atoms with Gasteiger partial charge in [-0.15, -0.1) is 0 Å². The third-order valence-corrected chi connectivity index (χ3v) is 4.11. The maximum Gasteiger partial charge on any atom is 0.181 e. The van der Waals surface area contributed by atoms with E-state index in [2.05, 4.69) is 4.90 Å². The lowest BCUT2D eigenvalue weighted by atomic mass is 10.0. The van der Waals surface area contributed by atoms with Crippen molar-refractivity contribution in [3.63, 3.8) is 0 Å². The summed E-state index contributed by atoms with van der Waals surface area (Å²) in [4.78, 5) is 2.41. The van der Waals surface area contributed by atoms with Crippen LogP contribution in [0.15, 0.2) is 24.3 Å². The SMILES string of the molecule is Nc1ccccc1OCCCN1CCCC2(C1)OCCO2. The molecule has 1 aromatic carbocycles. The van der Waals surface area contributed by atoms with Crippen molar-refractivity contribution < 1.29 is 14.2 Å². The lowest BCUT2D eigenvalue weighted by Gasteiger charge is -2.38. The van der Waals surface area contributed by atoms with E-state index in [1.165, 1.54) is 0 Å². The molecule has 0 saturated carbocycles. The molecule has 0 radical (unpaired) electrons. The number of anilines is 1. The Hall–Kier alpha value is -1.30. The molecule has 0 unspecified atom stereocenters. The van der Waals surface area contributed by atoms with E-state index in [9.17, 15) is 0 Å². The Morgan fingerprint density at radius 2 is 2.05 bits per heavy atom. The molecule has 3 rings (SSSR count). The third-order valence-electron chi connectivity index (χ3n) is 4.11. The predicted octanol–water partition coefficient (Wildman–Crippen LogP) is 1.88. The second-order valence-corrected chi connectivity index (χ2v) is 5.73. The van der Waals surface area contributed by atoms with Gasteiger partial charge in [-0.3, -0.25) is 4.90 Å². The molecule has 2 saturated heterocycles. The number of hydrogen-bond donors (Lipinski definition) is 1. The van der Waals surface area contributed by atoms with Gasteiger partial charge in [0.25, 0.3) is 0 Å². The molecule has 0 amide bonds. The number of ether oxygens (including phenoxy) is 3. The Morgan fingerprint density at radius 1 is 1.24 bits per heavy atom. The Labute approximate surface area is 126 Å². The molecule has 5 heteroatoms. The Bertz CT molecular complexity index is 461. The minimum Gasteiger partial charge on any atom is -0.491 e. The fraction of sp³-hybridized carbons (Fsp3) is 0.625. The molecule has 2 heterocycles.